The van der Waals surface area contributed by atoms with Crippen molar-refractivity contribution in [3.05, 3.63) is 59.3 Å². The molecule has 0 aliphatic rings. The third-order valence-electron chi connectivity index (χ3n) is 5.04. The summed E-state index contributed by atoms with van der Waals surface area (Å²) >= 11 is 0. The first-order chi connectivity index (χ1) is 14.4. The number of carbonyl (C=O) groups excluding carboxylic acids is 2. The molecule has 2 aromatic carbocycles. The van der Waals surface area contributed by atoms with Gasteiger partial charge in [0, 0.05) is 36.6 Å². The minimum atomic E-state index is -0.662. The van der Waals surface area contributed by atoms with E-state index in [1.54, 1.807) is 19.2 Å². The molecule has 1 aromatic heterocycles. The standard InChI is InChI=1S/C23H27N3O4/c1-3-4-22(28)25-10-9-16-14-26(20-8-6-17(30-2)12-19(16)20)13-15-5-7-18(23(24)29)21(27)11-15/h5-8,11-12,14,27H,3-4,9-10,13H2,1-2H3,(H2,24,29)(H,25,28). The second-order valence-corrected chi connectivity index (χ2v) is 7.23. The van der Waals surface area contributed by atoms with Crippen LogP contribution < -0.4 is 15.8 Å². The molecule has 3 aromatic rings. The number of aromatic nitrogens is 1. The number of primary amides is 1. The van der Waals surface area contributed by atoms with E-state index >= 15 is 0 Å². The number of rotatable bonds is 9. The summed E-state index contributed by atoms with van der Waals surface area (Å²) in [7, 11) is 1.63. The predicted molar refractivity (Wildman–Crippen MR) is 116 cm³/mol. The van der Waals surface area contributed by atoms with E-state index in [2.05, 4.69) is 16.1 Å². The Bertz CT molecular complexity index is 1070. The summed E-state index contributed by atoms with van der Waals surface area (Å²) in [4.78, 5) is 23.1. The van der Waals surface area contributed by atoms with Crippen molar-refractivity contribution in [1.82, 2.24) is 9.88 Å². The summed E-state index contributed by atoms with van der Waals surface area (Å²) in [5, 5.41) is 14.1. The van der Waals surface area contributed by atoms with Crippen LogP contribution in [-0.2, 0) is 17.8 Å². The Morgan fingerprint density at radius 2 is 2.00 bits per heavy atom. The Kier molecular flexibility index (Phi) is 6.61. The molecule has 0 atom stereocenters. The molecule has 0 fully saturated rings. The fourth-order valence-corrected chi connectivity index (χ4v) is 3.54. The molecule has 0 saturated carbocycles. The Hall–Kier alpha value is -3.48. The van der Waals surface area contributed by atoms with Gasteiger partial charge in [0.05, 0.1) is 12.7 Å². The molecular formula is C23H27N3O4. The molecule has 0 aliphatic heterocycles. The third kappa shape index (κ3) is 4.74. The molecule has 0 radical (unpaired) electrons. The molecule has 0 spiro atoms. The van der Waals surface area contributed by atoms with Gasteiger partial charge in [0.1, 0.15) is 11.5 Å². The smallest absolute Gasteiger partial charge is 0.252 e. The number of phenols is 1. The van der Waals surface area contributed by atoms with Crippen LogP contribution in [0.3, 0.4) is 0 Å². The minimum Gasteiger partial charge on any atom is -0.507 e. The maximum atomic E-state index is 11.8. The molecule has 3 rings (SSSR count). The minimum absolute atomic E-state index is 0.0591. The number of hydrogen-bond donors (Lipinski definition) is 3. The van der Waals surface area contributed by atoms with Gasteiger partial charge in [0.25, 0.3) is 5.91 Å². The quantitative estimate of drug-likeness (QED) is 0.505. The van der Waals surface area contributed by atoms with Crippen molar-refractivity contribution in [2.75, 3.05) is 13.7 Å². The average molecular weight is 409 g/mol. The van der Waals surface area contributed by atoms with Crippen molar-refractivity contribution >= 4 is 22.7 Å². The van der Waals surface area contributed by atoms with Gasteiger partial charge in [0.2, 0.25) is 5.91 Å². The Morgan fingerprint density at radius 3 is 2.67 bits per heavy atom. The Morgan fingerprint density at radius 1 is 1.20 bits per heavy atom. The largest absolute Gasteiger partial charge is 0.507 e. The number of ether oxygens (including phenoxy) is 1. The molecule has 0 saturated heterocycles. The highest BCUT2D eigenvalue weighted by Crippen LogP contribution is 2.28. The summed E-state index contributed by atoms with van der Waals surface area (Å²) in [6.07, 6.45) is 4.09. The van der Waals surface area contributed by atoms with Crippen LogP contribution in [0.4, 0.5) is 0 Å². The summed E-state index contributed by atoms with van der Waals surface area (Å²) in [5.74, 6) is 0.0331. The predicted octanol–water partition coefficient (Wildman–Crippen LogP) is 2.96. The fraction of sp³-hybridized carbons (Fsp3) is 0.304. The number of nitrogens with two attached hydrogens (primary N) is 1. The zero-order valence-corrected chi connectivity index (χ0v) is 17.3. The highest BCUT2D eigenvalue weighted by Gasteiger charge is 2.13. The lowest BCUT2D eigenvalue weighted by molar-refractivity contribution is -0.121. The topological polar surface area (TPSA) is 107 Å². The van der Waals surface area contributed by atoms with Crippen LogP contribution in [0.25, 0.3) is 10.9 Å². The van der Waals surface area contributed by atoms with Crippen LogP contribution >= 0.6 is 0 Å². The molecular weight excluding hydrogens is 382 g/mol. The number of aromatic hydroxyl groups is 1. The van der Waals surface area contributed by atoms with Gasteiger partial charge < -0.3 is 25.5 Å². The van der Waals surface area contributed by atoms with E-state index in [0.717, 1.165) is 34.2 Å². The van der Waals surface area contributed by atoms with Crippen molar-refractivity contribution in [1.29, 1.82) is 0 Å². The molecule has 7 nitrogen and oxygen atoms in total. The number of amides is 2. The zero-order valence-electron chi connectivity index (χ0n) is 17.3. The highest BCUT2D eigenvalue weighted by molar-refractivity contribution is 5.95. The zero-order chi connectivity index (χ0) is 21.7. The van der Waals surface area contributed by atoms with Crippen LogP contribution in [0.15, 0.2) is 42.6 Å². The van der Waals surface area contributed by atoms with Gasteiger partial charge >= 0.3 is 0 Å². The van der Waals surface area contributed by atoms with E-state index < -0.39 is 5.91 Å². The van der Waals surface area contributed by atoms with E-state index in [0.29, 0.717) is 25.9 Å². The number of hydrogen-bond acceptors (Lipinski definition) is 4. The molecule has 30 heavy (non-hydrogen) atoms. The van der Waals surface area contributed by atoms with Gasteiger partial charge in [-0.05, 0) is 54.3 Å². The van der Waals surface area contributed by atoms with Gasteiger partial charge in [-0.25, -0.2) is 0 Å². The lowest BCUT2D eigenvalue weighted by Crippen LogP contribution is -2.25. The van der Waals surface area contributed by atoms with Crippen molar-refractivity contribution in [3.63, 3.8) is 0 Å². The van der Waals surface area contributed by atoms with Gasteiger partial charge in [-0.15, -0.1) is 0 Å². The van der Waals surface area contributed by atoms with Crippen molar-refractivity contribution in [2.24, 2.45) is 5.73 Å². The van der Waals surface area contributed by atoms with Gasteiger partial charge in [-0.3, -0.25) is 9.59 Å². The number of methoxy groups -OCH3 is 1. The first-order valence-electron chi connectivity index (χ1n) is 9.97. The normalized spacial score (nSPS) is 10.9. The number of benzene rings is 2. The Labute approximate surface area is 175 Å². The van der Waals surface area contributed by atoms with Gasteiger partial charge in [0.15, 0.2) is 0 Å². The van der Waals surface area contributed by atoms with E-state index in [9.17, 15) is 14.7 Å². The van der Waals surface area contributed by atoms with Gasteiger partial charge in [-0.2, -0.15) is 0 Å². The summed E-state index contributed by atoms with van der Waals surface area (Å²) < 4.78 is 7.46. The molecule has 7 heteroatoms. The summed E-state index contributed by atoms with van der Waals surface area (Å²) in [6.45, 7) is 3.05. The number of nitrogens with zero attached hydrogens (tertiary/aromatic N) is 1. The van der Waals surface area contributed by atoms with Crippen LogP contribution in [0.5, 0.6) is 11.5 Å². The third-order valence-corrected chi connectivity index (χ3v) is 5.04. The van der Waals surface area contributed by atoms with Gasteiger partial charge in [-0.1, -0.05) is 13.0 Å². The Balaban J connectivity index is 1.88. The van der Waals surface area contributed by atoms with E-state index in [-0.39, 0.29) is 17.2 Å². The molecule has 0 aliphatic carbocycles. The van der Waals surface area contributed by atoms with Crippen LogP contribution in [0, 0.1) is 0 Å². The second-order valence-electron chi connectivity index (χ2n) is 7.23. The number of nitrogens with one attached hydrogen (secondary N) is 1. The first kappa shape index (κ1) is 21.2. The van der Waals surface area contributed by atoms with Crippen molar-refractivity contribution in [2.45, 2.75) is 32.7 Å². The molecule has 158 valence electrons. The first-order valence-corrected chi connectivity index (χ1v) is 9.97. The average Bonchev–Trinajstić information content (AvgIpc) is 3.04. The highest BCUT2D eigenvalue weighted by atomic mass is 16.5. The SMILES string of the molecule is CCCC(=O)NCCc1cn(Cc2ccc(C(N)=O)c(O)c2)c2ccc(OC)cc12. The second kappa shape index (κ2) is 9.35. The van der Waals surface area contributed by atoms with E-state index in [1.165, 1.54) is 6.07 Å². The molecule has 4 N–H and O–H groups in total. The lowest BCUT2D eigenvalue weighted by Gasteiger charge is -2.08. The van der Waals surface area contributed by atoms with Crippen LogP contribution in [0.1, 0.15) is 41.3 Å². The van der Waals surface area contributed by atoms with E-state index in [1.807, 2.05) is 25.1 Å². The van der Waals surface area contributed by atoms with Crippen LogP contribution in [-0.4, -0.2) is 35.1 Å². The monoisotopic (exact) mass is 409 g/mol. The van der Waals surface area contributed by atoms with Crippen LogP contribution in [0.2, 0.25) is 0 Å². The van der Waals surface area contributed by atoms with Crippen molar-refractivity contribution < 1.29 is 19.4 Å². The summed E-state index contributed by atoms with van der Waals surface area (Å²) in [5.41, 5.74) is 8.32. The number of fused-ring (bicyclic) bond motifs is 1. The molecule has 1 heterocycles. The maximum Gasteiger partial charge on any atom is 0.252 e. The van der Waals surface area contributed by atoms with Crippen molar-refractivity contribution in [3.8, 4) is 11.5 Å². The fourth-order valence-electron chi connectivity index (χ4n) is 3.54. The van der Waals surface area contributed by atoms with E-state index in [4.69, 9.17) is 10.5 Å². The molecule has 0 unspecified atom stereocenters. The molecule has 2 amide bonds. The lowest BCUT2D eigenvalue weighted by atomic mass is 10.1. The summed E-state index contributed by atoms with van der Waals surface area (Å²) in [6, 6.07) is 10.7. The number of carbonyl (C=O) groups is 2. The maximum absolute atomic E-state index is 11.8. The molecule has 0 bridgehead atoms.